The van der Waals surface area contributed by atoms with Gasteiger partial charge in [-0.3, -0.25) is 9.59 Å². The van der Waals surface area contributed by atoms with Crippen LogP contribution in [0.3, 0.4) is 0 Å². The van der Waals surface area contributed by atoms with E-state index < -0.39 is 5.91 Å². The van der Waals surface area contributed by atoms with Crippen molar-refractivity contribution < 1.29 is 9.59 Å². The minimum absolute atomic E-state index is 0.0542. The molecule has 0 heterocycles. The van der Waals surface area contributed by atoms with Crippen LogP contribution in [0.5, 0.6) is 0 Å². The first-order valence-electron chi connectivity index (χ1n) is 9.01. The lowest BCUT2D eigenvalue weighted by molar-refractivity contribution is -0.110. The van der Waals surface area contributed by atoms with Crippen molar-refractivity contribution in [2.75, 3.05) is 10.4 Å². The maximum atomic E-state index is 12.6. The van der Waals surface area contributed by atoms with Gasteiger partial charge in [0.15, 0.2) is 0 Å². The summed E-state index contributed by atoms with van der Waals surface area (Å²) in [5.74, 6) is 5.30. The molecular weight excluding hydrogens is 354 g/mol. The van der Waals surface area contributed by atoms with Crippen LogP contribution in [0.15, 0.2) is 66.3 Å². The molecule has 1 aliphatic rings. The Balaban J connectivity index is 1.75. The molecule has 4 N–H and O–H groups in total. The number of hydrogen-bond acceptors (Lipinski definition) is 5. The first kappa shape index (κ1) is 19.3. The van der Waals surface area contributed by atoms with Gasteiger partial charge in [-0.1, -0.05) is 30.8 Å². The van der Waals surface area contributed by atoms with E-state index in [1.54, 1.807) is 30.3 Å². The SMILES string of the molecule is C=C/C(=N\N(N)c1ccccc1)C(=O)Nc1cc(C(=O)NC2CC2)ccc1C. The van der Waals surface area contributed by atoms with Gasteiger partial charge in [-0.2, -0.15) is 10.2 Å². The number of hydrazone groups is 1. The zero-order valence-corrected chi connectivity index (χ0v) is 15.7. The van der Waals surface area contributed by atoms with Crippen LogP contribution >= 0.6 is 0 Å². The molecule has 7 nitrogen and oxygen atoms in total. The first-order valence-corrected chi connectivity index (χ1v) is 9.01. The second-order valence-electron chi connectivity index (χ2n) is 6.60. The largest absolute Gasteiger partial charge is 0.349 e. The van der Waals surface area contributed by atoms with Crippen molar-refractivity contribution >= 4 is 28.9 Å². The number of aryl methyl sites for hydroxylation is 1. The lowest BCUT2D eigenvalue weighted by atomic mass is 10.1. The van der Waals surface area contributed by atoms with Gasteiger partial charge >= 0.3 is 0 Å². The van der Waals surface area contributed by atoms with Crippen molar-refractivity contribution in [1.82, 2.24) is 5.32 Å². The van der Waals surface area contributed by atoms with E-state index in [1.165, 1.54) is 6.08 Å². The van der Waals surface area contributed by atoms with Crippen LogP contribution in [-0.4, -0.2) is 23.6 Å². The van der Waals surface area contributed by atoms with Crippen molar-refractivity contribution in [2.24, 2.45) is 10.9 Å². The molecule has 0 unspecified atom stereocenters. The Morgan fingerprint density at radius 3 is 2.57 bits per heavy atom. The molecule has 1 fully saturated rings. The molecule has 28 heavy (non-hydrogen) atoms. The molecule has 1 saturated carbocycles. The molecule has 0 saturated heterocycles. The van der Waals surface area contributed by atoms with E-state index in [0.717, 1.165) is 23.5 Å². The Morgan fingerprint density at radius 1 is 1.21 bits per heavy atom. The van der Waals surface area contributed by atoms with Gasteiger partial charge in [0.05, 0.1) is 5.69 Å². The fourth-order valence-corrected chi connectivity index (χ4v) is 2.51. The number of anilines is 2. The van der Waals surface area contributed by atoms with E-state index >= 15 is 0 Å². The van der Waals surface area contributed by atoms with Crippen LogP contribution < -0.4 is 21.6 Å². The molecule has 1 aliphatic carbocycles. The summed E-state index contributed by atoms with van der Waals surface area (Å²) in [7, 11) is 0. The molecule has 0 aliphatic heterocycles. The number of nitrogens with one attached hydrogen (secondary N) is 2. The summed E-state index contributed by atoms with van der Waals surface area (Å²) in [5.41, 5.74) is 2.54. The van der Waals surface area contributed by atoms with Gasteiger partial charge in [0.1, 0.15) is 5.71 Å². The summed E-state index contributed by atoms with van der Waals surface area (Å²) in [5, 5.41) is 10.9. The third kappa shape index (κ3) is 4.83. The number of amides is 2. The highest BCUT2D eigenvalue weighted by molar-refractivity contribution is 6.47. The van der Waals surface area contributed by atoms with Crippen molar-refractivity contribution in [3.05, 3.63) is 72.3 Å². The van der Waals surface area contributed by atoms with Gasteiger partial charge in [-0.25, -0.2) is 5.84 Å². The fourth-order valence-electron chi connectivity index (χ4n) is 2.51. The highest BCUT2D eigenvalue weighted by atomic mass is 16.2. The Morgan fingerprint density at radius 2 is 1.93 bits per heavy atom. The molecule has 2 aromatic rings. The highest BCUT2D eigenvalue weighted by Gasteiger charge is 2.24. The topological polar surface area (TPSA) is 99.8 Å². The summed E-state index contributed by atoms with van der Waals surface area (Å²) in [4.78, 5) is 24.9. The van der Waals surface area contributed by atoms with Crippen molar-refractivity contribution in [1.29, 1.82) is 0 Å². The minimum Gasteiger partial charge on any atom is -0.349 e. The quantitative estimate of drug-likeness (QED) is 0.392. The summed E-state index contributed by atoms with van der Waals surface area (Å²) >= 11 is 0. The van der Waals surface area contributed by atoms with Crippen molar-refractivity contribution in [3.8, 4) is 0 Å². The third-order valence-electron chi connectivity index (χ3n) is 4.32. The predicted octanol–water partition coefficient (Wildman–Crippen LogP) is 2.75. The maximum Gasteiger partial charge on any atom is 0.276 e. The average Bonchev–Trinajstić information content (AvgIpc) is 3.52. The van der Waals surface area contributed by atoms with Crippen LogP contribution in [-0.2, 0) is 4.79 Å². The Hall–Kier alpha value is -3.45. The van der Waals surface area contributed by atoms with Crippen LogP contribution in [0, 0.1) is 6.92 Å². The smallest absolute Gasteiger partial charge is 0.276 e. The van der Waals surface area contributed by atoms with Gasteiger partial charge in [0.2, 0.25) is 0 Å². The van der Waals surface area contributed by atoms with E-state index in [-0.39, 0.29) is 17.7 Å². The summed E-state index contributed by atoms with van der Waals surface area (Å²) < 4.78 is 0. The Bertz CT molecular complexity index is 920. The summed E-state index contributed by atoms with van der Waals surface area (Å²) in [6.45, 7) is 5.49. The molecule has 2 aromatic carbocycles. The molecule has 0 spiro atoms. The van der Waals surface area contributed by atoms with Gasteiger partial charge in [0.25, 0.3) is 11.8 Å². The number of hydrogen-bond donors (Lipinski definition) is 3. The lowest BCUT2D eigenvalue weighted by Crippen LogP contribution is -2.30. The summed E-state index contributed by atoms with van der Waals surface area (Å²) in [6.07, 6.45) is 3.35. The molecule has 0 radical (unpaired) electrons. The van der Waals surface area contributed by atoms with E-state index in [1.807, 2.05) is 25.1 Å². The molecule has 7 heteroatoms. The standard InChI is InChI=1S/C21H23N5O2/c1-3-18(25-26(22)17-7-5-4-6-8-17)21(28)24-19-13-15(10-9-14(19)2)20(27)23-16-11-12-16/h3-10,13,16H,1,11-12,22H2,2H3,(H,23,27)(H,24,28)/b25-18+. The van der Waals surface area contributed by atoms with E-state index in [4.69, 9.17) is 5.84 Å². The van der Waals surface area contributed by atoms with Crippen molar-refractivity contribution in [3.63, 3.8) is 0 Å². The first-order chi connectivity index (χ1) is 13.5. The lowest BCUT2D eigenvalue weighted by Gasteiger charge is -2.14. The Labute approximate surface area is 163 Å². The number of benzene rings is 2. The molecule has 144 valence electrons. The molecule has 3 rings (SSSR count). The Kier molecular flexibility index (Phi) is 5.86. The van der Waals surface area contributed by atoms with Crippen LogP contribution in [0.25, 0.3) is 0 Å². The summed E-state index contributed by atoms with van der Waals surface area (Å²) in [6, 6.07) is 14.5. The van der Waals surface area contributed by atoms with Gasteiger partial charge in [0, 0.05) is 17.3 Å². The molecule has 0 aromatic heterocycles. The van der Waals surface area contributed by atoms with Crippen molar-refractivity contribution in [2.45, 2.75) is 25.8 Å². The maximum absolute atomic E-state index is 12.6. The van der Waals surface area contributed by atoms with Gasteiger partial charge in [-0.15, -0.1) is 0 Å². The molecule has 0 atom stereocenters. The molecule has 2 amide bonds. The average molecular weight is 377 g/mol. The second-order valence-corrected chi connectivity index (χ2v) is 6.60. The number of carbonyl (C=O) groups excluding carboxylic acids is 2. The monoisotopic (exact) mass is 377 g/mol. The van der Waals surface area contributed by atoms with E-state index in [0.29, 0.717) is 16.9 Å². The zero-order chi connectivity index (χ0) is 20.1. The number of nitrogens with zero attached hydrogens (tertiary/aromatic N) is 2. The number of nitrogens with two attached hydrogens (primary N) is 1. The van der Waals surface area contributed by atoms with Crippen LogP contribution in [0.4, 0.5) is 11.4 Å². The van der Waals surface area contributed by atoms with Crippen LogP contribution in [0.1, 0.15) is 28.8 Å². The molecular formula is C21H23N5O2. The fraction of sp³-hybridized carbons (Fsp3) is 0.190. The zero-order valence-electron chi connectivity index (χ0n) is 15.7. The van der Waals surface area contributed by atoms with E-state index in [2.05, 4.69) is 22.3 Å². The highest BCUT2D eigenvalue weighted by Crippen LogP contribution is 2.21. The third-order valence-corrected chi connectivity index (χ3v) is 4.32. The second kappa shape index (κ2) is 8.49. The van der Waals surface area contributed by atoms with E-state index in [9.17, 15) is 9.59 Å². The number of para-hydroxylation sites is 1. The molecule has 0 bridgehead atoms. The minimum atomic E-state index is -0.468. The predicted molar refractivity (Wildman–Crippen MR) is 111 cm³/mol. The van der Waals surface area contributed by atoms with Gasteiger partial charge < -0.3 is 10.6 Å². The van der Waals surface area contributed by atoms with Gasteiger partial charge in [-0.05, 0) is 55.7 Å². The normalized spacial score (nSPS) is 13.6. The number of carbonyl (C=O) groups is 2. The number of hydrazine groups is 1. The number of rotatable bonds is 7. The van der Waals surface area contributed by atoms with Crippen LogP contribution in [0.2, 0.25) is 0 Å².